The molecule has 0 fully saturated rings. The van der Waals surface area contributed by atoms with E-state index in [-0.39, 0.29) is 22.0 Å². The van der Waals surface area contributed by atoms with E-state index in [1.807, 2.05) is 0 Å². The van der Waals surface area contributed by atoms with Crippen LogP contribution in [0.4, 0.5) is 5.69 Å². The van der Waals surface area contributed by atoms with Gasteiger partial charge in [0.25, 0.3) is 5.91 Å². The average molecular weight is 311 g/mol. The summed E-state index contributed by atoms with van der Waals surface area (Å²) in [5.74, 6) is -1.72. The van der Waals surface area contributed by atoms with Crippen LogP contribution in [0.3, 0.4) is 0 Å². The fourth-order valence-corrected chi connectivity index (χ4v) is 1.78. The Labute approximate surface area is 124 Å². The summed E-state index contributed by atoms with van der Waals surface area (Å²) in [5.41, 5.74) is 0.171. The Hall–Kier alpha value is -2.11. The third-order valence-electron chi connectivity index (χ3n) is 2.42. The van der Waals surface area contributed by atoms with Gasteiger partial charge < -0.3 is 10.4 Å². The number of carboxylic acids is 1. The summed E-state index contributed by atoms with van der Waals surface area (Å²) >= 11 is 11.4. The number of anilines is 1. The van der Waals surface area contributed by atoms with E-state index in [9.17, 15) is 9.59 Å². The molecule has 0 bridgehead atoms. The van der Waals surface area contributed by atoms with Gasteiger partial charge in [0.15, 0.2) is 0 Å². The molecule has 0 atom stereocenters. The van der Waals surface area contributed by atoms with Gasteiger partial charge in [-0.15, -0.1) is 0 Å². The van der Waals surface area contributed by atoms with Gasteiger partial charge in [-0.25, -0.2) is 9.78 Å². The minimum atomic E-state index is -1.19. The lowest BCUT2D eigenvalue weighted by Crippen LogP contribution is -2.16. The maximum Gasteiger partial charge on any atom is 0.337 e. The fourth-order valence-electron chi connectivity index (χ4n) is 1.50. The van der Waals surface area contributed by atoms with Gasteiger partial charge in [0.1, 0.15) is 5.69 Å². The standard InChI is InChI=1S/C13H8Cl2N2O3/c14-7-1-3-10(9(5-7)13(19)20)17-12(18)11-4-2-8(15)6-16-11/h1-6H,(H,17,18)(H,19,20). The van der Waals surface area contributed by atoms with Crippen LogP contribution in [0.5, 0.6) is 0 Å². The number of benzene rings is 1. The number of nitrogens with one attached hydrogen (secondary N) is 1. The molecule has 2 N–H and O–H groups in total. The molecule has 0 saturated carbocycles. The minimum Gasteiger partial charge on any atom is -0.478 e. The second kappa shape index (κ2) is 5.90. The predicted octanol–water partition coefficient (Wildman–Crippen LogP) is 3.34. The molecule has 1 amide bonds. The molecule has 2 rings (SSSR count). The van der Waals surface area contributed by atoms with Crippen molar-refractivity contribution in [3.05, 3.63) is 57.8 Å². The van der Waals surface area contributed by atoms with E-state index in [0.29, 0.717) is 5.02 Å². The number of nitrogens with zero attached hydrogens (tertiary/aromatic N) is 1. The van der Waals surface area contributed by atoms with Crippen molar-refractivity contribution in [2.45, 2.75) is 0 Å². The van der Waals surface area contributed by atoms with Crippen molar-refractivity contribution >= 4 is 40.8 Å². The summed E-state index contributed by atoms with van der Waals surface area (Å²) in [6, 6.07) is 7.12. The Balaban J connectivity index is 2.28. The first kappa shape index (κ1) is 14.3. The highest BCUT2D eigenvalue weighted by atomic mass is 35.5. The van der Waals surface area contributed by atoms with Gasteiger partial charge in [-0.1, -0.05) is 23.2 Å². The van der Waals surface area contributed by atoms with E-state index in [0.717, 1.165) is 0 Å². The van der Waals surface area contributed by atoms with Crippen LogP contribution in [0.25, 0.3) is 0 Å². The molecule has 0 aliphatic heterocycles. The smallest absolute Gasteiger partial charge is 0.337 e. The number of rotatable bonds is 3. The second-order valence-corrected chi connectivity index (χ2v) is 4.68. The molecule has 102 valence electrons. The van der Waals surface area contributed by atoms with Crippen molar-refractivity contribution in [2.24, 2.45) is 0 Å². The number of aromatic carboxylic acids is 1. The first-order chi connectivity index (χ1) is 9.47. The lowest BCUT2D eigenvalue weighted by Gasteiger charge is -2.08. The van der Waals surface area contributed by atoms with E-state index in [2.05, 4.69) is 10.3 Å². The van der Waals surface area contributed by atoms with Crippen molar-refractivity contribution in [3.63, 3.8) is 0 Å². The topological polar surface area (TPSA) is 79.3 Å². The summed E-state index contributed by atoms with van der Waals surface area (Å²) in [7, 11) is 0. The zero-order valence-electron chi connectivity index (χ0n) is 9.93. The molecule has 1 aromatic carbocycles. The lowest BCUT2D eigenvalue weighted by atomic mass is 10.1. The molecule has 0 spiro atoms. The normalized spacial score (nSPS) is 10.1. The molecule has 0 unspecified atom stereocenters. The lowest BCUT2D eigenvalue weighted by molar-refractivity contribution is 0.0698. The van der Waals surface area contributed by atoms with Crippen molar-refractivity contribution in [1.29, 1.82) is 0 Å². The van der Waals surface area contributed by atoms with Crippen LogP contribution in [0, 0.1) is 0 Å². The molecule has 2 aromatic rings. The number of carbonyl (C=O) groups is 2. The van der Waals surface area contributed by atoms with E-state index in [4.69, 9.17) is 28.3 Å². The molecule has 1 heterocycles. The zero-order chi connectivity index (χ0) is 14.7. The van der Waals surface area contributed by atoms with Crippen LogP contribution in [0.15, 0.2) is 36.5 Å². The molecule has 0 radical (unpaired) electrons. The molecular weight excluding hydrogens is 303 g/mol. The summed E-state index contributed by atoms with van der Waals surface area (Å²) in [4.78, 5) is 26.9. The fraction of sp³-hybridized carbons (Fsp3) is 0. The van der Waals surface area contributed by atoms with Crippen LogP contribution >= 0.6 is 23.2 Å². The SMILES string of the molecule is O=C(Nc1ccc(Cl)cc1C(=O)O)c1ccc(Cl)cn1. The number of carboxylic acid groups (broad SMARTS) is 1. The van der Waals surface area contributed by atoms with E-state index < -0.39 is 11.9 Å². The monoisotopic (exact) mass is 310 g/mol. The maximum atomic E-state index is 11.9. The van der Waals surface area contributed by atoms with Gasteiger partial charge >= 0.3 is 5.97 Å². The molecule has 5 nitrogen and oxygen atoms in total. The molecule has 20 heavy (non-hydrogen) atoms. The molecular formula is C13H8Cl2N2O3. The molecule has 0 saturated heterocycles. The van der Waals surface area contributed by atoms with Crippen LogP contribution in [0.1, 0.15) is 20.8 Å². The predicted molar refractivity (Wildman–Crippen MR) is 75.6 cm³/mol. The Bertz CT molecular complexity index is 672. The Morgan fingerprint density at radius 3 is 2.40 bits per heavy atom. The molecule has 7 heteroatoms. The summed E-state index contributed by atoms with van der Waals surface area (Å²) < 4.78 is 0. The van der Waals surface area contributed by atoms with Gasteiger partial charge in [0, 0.05) is 11.2 Å². The van der Waals surface area contributed by atoms with Gasteiger partial charge in [0.05, 0.1) is 16.3 Å². The number of aromatic nitrogens is 1. The Kier molecular flexibility index (Phi) is 4.22. The van der Waals surface area contributed by atoms with Crippen molar-refractivity contribution in [3.8, 4) is 0 Å². The van der Waals surface area contributed by atoms with Crippen LogP contribution in [-0.4, -0.2) is 22.0 Å². The molecule has 1 aromatic heterocycles. The van der Waals surface area contributed by atoms with Crippen LogP contribution in [0.2, 0.25) is 10.0 Å². The zero-order valence-corrected chi connectivity index (χ0v) is 11.4. The quantitative estimate of drug-likeness (QED) is 0.911. The van der Waals surface area contributed by atoms with Gasteiger partial charge in [-0.3, -0.25) is 4.79 Å². The van der Waals surface area contributed by atoms with Gasteiger partial charge in [0.2, 0.25) is 0 Å². The van der Waals surface area contributed by atoms with Crippen molar-refractivity contribution in [2.75, 3.05) is 5.32 Å². The van der Waals surface area contributed by atoms with Crippen LogP contribution < -0.4 is 5.32 Å². The largest absolute Gasteiger partial charge is 0.478 e. The van der Waals surface area contributed by atoms with Crippen molar-refractivity contribution < 1.29 is 14.7 Å². The van der Waals surface area contributed by atoms with Gasteiger partial charge in [-0.05, 0) is 30.3 Å². The van der Waals surface area contributed by atoms with Gasteiger partial charge in [-0.2, -0.15) is 0 Å². The highest BCUT2D eigenvalue weighted by molar-refractivity contribution is 6.31. The third-order valence-corrected chi connectivity index (χ3v) is 2.88. The highest BCUT2D eigenvalue weighted by Crippen LogP contribution is 2.21. The summed E-state index contributed by atoms with van der Waals surface area (Å²) in [6.45, 7) is 0. The van der Waals surface area contributed by atoms with E-state index in [1.165, 1.54) is 36.5 Å². The Morgan fingerprint density at radius 1 is 1.10 bits per heavy atom. The number of pyridine rings is 1. The number of carbonyl (C=O) groups excluding carboxylic acids is 1. The van der Waals surface area contributed by atoms with Crippen molar-refractivity contribution in [1.82, 2.24) is 4.98 Å². The summed E-state index contributed by atoms with van der Waals surface area (Å²) in [6.07, 6.45) is 1.33. The molecule has 0 aliphatic carbocycles. The average Bonchev–Trinajstić information content (AvgIpc) is 2.41. The number of hydrogen-bond donors (Lipinski definition) is 2. The maximum absolute atomic E-state index is 11.9. The third kappa shape index (κ3) is 3.26. The Morgan fingerprint density at radius 2 is 1.80 bits per heavy atom. The second-order valence-electron chi connectivity index (χ2n) is 3.81. The first-order valence-electron chi connectivity index (χ1n) is 5.43. The number of amides is 1. The first-order valence-corrected chi connectivity index (χ1v) is 6.18. The minimum absolute atomic E-state index is 0.0974. The van der Waals surface area contributed by atoms with E-state index >= 15 is 0 Å². The van der Waals surface area contributed by atoms with Crippen LogP contribution in [-0.2, 0) is 0 Å². The number of halogens is 2. The molecule has 0 aliphatic rings. The summed E-state index contributed by atoms with van der Waals surface area (Å²) in [5, 5.41) is 12.2. The number of hydrogen-bond acceptors (Lipinski definition) is 3. The van der Waals surface area contributed by atoms with E-state index in [1.54, 1.807) is 0 Å². The highest BCUT2D eigenvalue weighted by Gasteiger charge is 2.14.